The average Bonchev–Trinajstić information content (AvgIpc) is 3.07. The Morgan fingerprint density at radius 2 is 2.19 bits per heavy atom. The first-order chi connectivity index (χ1) is 13.0. The number of nitrogens with one attached hydrogen (secondary N) is 2. The van der Waals surface area contributed by atoms with Crippen molar-refractivity contribution in [2.24, 2.45) is 5.73 Å². The zero-order valence-corrected chi connectivity index (χ0v) is 16.0. The summed E-state index contributed by atoms with van der Waals surface area (Å²) >= 11 is 1.17. The highest BCUT2D eigenvalue weighted by Gasteiger charge is 2.20. The van der Waals surface area contributed by atoms with E-state index in [1.807, 2.05) is 12.1 Å². The van der Waals surface area contributed by atoms with Gasteiger partial charge in [0, 0.05) is 49.0 Å². The molecule has 0 radical (unpaired) electrons. The molecule has 1 aromatic carbocycles. The number of likely N-dealkylation sites (tertiary alicyclic amines) is 1. The maximum absolute atomic E-state index is 14.3. The van der Waals surface area contributed by atoms with Crippen LogP contribution in [0.2, 0.25) is 0 Å². The molecule has 3 rings (SSSR count). The topological polar surface area (TPSA) is 96.2 Å². The van der Waals surface area contributed by atoms with Gasteiger partial charge in [0.05, 0.1) is 0 Å². The van der Waals surface area contributed by atoms with Crippen LogP contribution in [0.25, 0.3) is 6.08 Å². The zero-order valence-electron chi connectivity index (χ0n) is 15.2. The average molecular weight is 390 g/mol. The highest BCUT2D eigenvalue weighted by atomic mass is 32.1. The molecule has 2 amide bonds. The van der Waals surface area contributed by atoms with E-state index in [2.05, 4.69) is 20.0 Å². The standard InChI is InChI=1S/C18H23FN6OS/c1-12-22-17(27-24-12)23-18(26)25-8-4-13(5-9-25)10-14-2-3-15(11-16(14)19)21-7-6-20/h2-3,10-11,21H,4-9,20H2,1H3,(H,22,23,24,26). The van der Waals surface area contributed by atoms with Gasteiger partial charge >= 0.3 is 6.03 Å². The summed E-state index contributed by atoms with van der Waals surface area (Å²) in [5, 5.41) is 6.33. The SMILES string of the molecule is Cc1nsc(NC(=O)N2CCC(=Cc3ccc(NCCN)cc3F)CC2)n1. The lowest BCUT2D eigenvalue weighted by atomic mass is 10.0. The predicted molar refractivity (Wildman–Crippen MR) is 106 cm³/mol. The van der Waals surface area contributed by atoms with Gasteiger partial charge in [0.2, 0.25) is 5.13 Å². The molecule has 7 nitrogen and oxygen atoms in total. The molecule has 27 heavy (non-hydrogen) atoms. The molecule has 1 aliphatic heterocycles. The first kappa shape index (κ1) is 19.2. The number of hydrogen-bond donors (Lipinski definition) is 3. The third-order valence-electron chi connectivity index (χ3n) is 4.27. The number of carbonyl (C=O) groups is 1. The fourth-order valence-corrected chi connectivity index (χ4v) is 3.42. The van der Waals surface area contributed by atoms with E-state index in [1.54, 1.807) is 17.9 Å². The smallest absolute Gasteiger partial charge is 0.323 e. The van der Waals surface area contributed by atoms with Gasteiger partial charge in [-0.3, -0.25) is 5.32 Å². The second-order valence-corrected chi connectivity index (χ2v) is 7.07. The number of hydrogen-bond acceptors (Lipinski definition) is 6. The molecule has 9 heteroatoms. The van der Waals surface area contributed by atoms with Gasteiger partial charge in [0.25, 0.3) is 0 Å². The van der Waals surface area contributed by atoms with Crippen molar-refractivity contribution in [3.63, 3.8) is 0 Å². The van der Waals surface area contributed by atoms with Gasteiger partial charge in [0.1, 0.15) is 11.6 Å². The third kappa shape index (κ3) is 5.24. The van der Waals surface area contributed by atoms with Crippen molar-refractivity contribution in [1.29, 1.82) is 0 Å². The Kier molecular flexibility index (Phi) is 6.36. The summed E-state index contributed by atoms with van der Waals surface area (Å²) in [5.41, 5.74) is 7.85. The Labute approximate surface area is 161 Å². The van der Waals surface area contributed by atoms with E-state index in [1.165, 1.54) is 17.6 Å². The quantitative estimate of drug-likeness (QED) is 0.729. The van der Waals surface area contributed by atoms with Gasteiger partial charge < -0.3 is 16.0 Å². The van der Waals surface area contributed by atoms with Crippen LogP contribution in [-0.4, -0.2) is 46.5 Å². The summed E-state index contributed by atoms with van der Waals surface area (Å²) in [6.45, 7) is 4.06. The summed E-state index contributed by atoms with van der Waals surface area (Å²) in [5.74, 6) is 0.377. The first-order valence-electron chi connectivity index (χ1n) is 8.84. The van der Waals surface area contributed by atoms with Crippen LogP contribution in [0, 0.1) is 12.7 Å². The highest BCUT2D eigenvalue weighted by Crippen LogP contribution is 2.23. The predicted octanol–water partition coefficient (Wildman–Crippen LogP) is 3.07. The van der Waals surface area contributed by atoms with Crippen LogP contribution < -0.4 is 16.4 Å². The monoisotopic (exact) mass is 390 g/mol. The van der Waals surface area contributed by atoms with Crippen molar-refractivity contribution in [3.05, 3.63) is 41.0 Å². The molecule has 144 valence electrons. The van der Waals surface area contributed by atoms with Gasteiger partial charge in [-0.15, -0.1) is 0 Å². The fraction of sp³-hybridized carbons (Fsp3) is 0.389. The number of aryl methyl sites for hydroxylation is 1. The number of nitrogens with zero attached hydrogens (tertiary/aromatic N) is 3. The Morgan fingerprint density at radius 1 is 1.41 bits per heavy atom. The summed E-state index contributed by atoms with van der Waals surface area (Å²) in [4.78, 5) is 18.2. The molecular weight excluding hydrogens is 367 g/mol. The van der Waals surface area contributed by atoms with E-state index in [4.69, 9.17) is 5.73 Å². The largest absolute Gasteiger partial charge is 0.384 e. The maximum atomic E-state index is 14.3. The van der Waals surface area contributed by atoms with E-state index in [-0.39, 0.29) is 11.8 Å². The van der Waals surface area contributed by atoms with Crippen LogP contribution in [0.1, 0.15) is 24.2 Å². The minimum Gasteiger partial charge on any atom is -0.384 e. The van der Waals surface area contributed by atoms with Gasteiger partial charge in [-0.2, -0.15) is 4.37 Å². The van der Waals surface area contributed by atoms with E-state index >= 15 is 0 Å². The molecule has 0 spiro atoms. The Morgan fingerprint density at radius 3 is 2.81 bits per heavy atom. The molecule has 1 saturated heterocycles. The van der Waals surface area contributed by atoms with Gasteiger partial charge in [0.15, 0.2) is 0 Å². The summed E-state index contributed by atoms with van der Waals surface area (Å²) < 4.78 is 18.3. The molecule has 0 atom stereocenters. The minimum absolute atomic E-state index is 0.174. The highest BCUT2D eigenvalue weighted by molar-refractivity contribution is 7.09. The summed E-state index contributed by atoms with van der Waals surface area (Å²) in [6, 6.07) is 4.91. The molecule has 2 aromatic rings. The number of carbonyl (C=O) groups excluding carboxylic acids is 1. The number of anilines is 2. The molecule has 2 heterocycles. The summed E-state index contributed by atoms with van der Waals surface area (Å²) in [6.07, 6.45) is 3.32. The number of halogens is 1. The van der Waals surface area contributed by atoms with Crippen molar-refractivity contribution in [3.8, 4) is 0 Å². The molecule has 0 unspecified atom stereocenters. The van der Waals surface area contributed by atoms with Crippen molar-refractivity contribution >= 4 is 34.5 Å². The molecule has 1 aromatic heterocycles. The van der Waals surface area contributed by atoms with Crippen molar-refractivity contribution in [2.75, 3.05) is 36.8 Å². The zero-order chi connectivity index (χ0) is 19.2. The number of aromatic nitrogens is 2. The molecule has 0 bridgehead atoms. The lowest BCUT2D eigenvalue weighted by Crippen LogP contribution is -2.39. The number of piperidine rings is 1. The number of urea groups is 1. The second kappa shape index (κ2) is 8.92. The number of nitrogens with two attached hydrogens (primary N) is 1. The molecule has 0 aliphatic carbocycles. The Hall–Kier alpha value is -2.52. The maximum Gasteiger partial charge on any atom is 0.323 e. The van der Waals surface area contributed by atoms with Crippen LogP contribution in [-0.2, 0) is 0 Å². The lowest BCUT2D eigenvalue weighted by molar-refractivity contribution is 0.208. The molecule has 1 fully saturated rings. The van der Waals surface area contributed by atoms with E-state index in [0.29, 0.717) is 42.7 Å². The van der Waals surface area contributed by atoms with Crippen LogP contribution >= 0.6 is 11.5 Å². The van der Waals surface area contributed by atoms with E-state index in [0.717, 1.165) is 24.1 Å². The molecule has 1 aliphatic rings. The summed E-state index contributed by atoms with van der Waals surface area (Å²) in [7, 11) is 0. The number of amides is 2. The minimum atomic E-state index is -0.267. The third-order valence-corrected chi connectivity index (χ3v) is 4.99. The van der Waals surface area contributed by atoms with Crippen LogP contribution in [0.5, 0.6) is 0 Å². The lowest BCUT2D eigenvalue weighted by Gasteiger charge is -2.28. The van der Waals surface area contributed by atoms with Crippen molar-refractivity contribution < 1.29 is 9.18 Å². The molecular formula is C18H23FN6OS. The molecule has 4 N–H and O–H groups in total. The van der Waals surface area contributed by atoms with Crippen LogP contribution in [0.4, 0.5) is 20.0 Å². The van der Waals surface area contributed by atoms with E-state index in [9.17, 15) is 9.18 Å². The normalized spacial score (nSPS) is 14.2. The van der Waals surface area contributed by atoms with E-state index < -0.39 is 0 Å². The fourth-order valence-electron chi connectivity index (χ4n) is 2.85. The van der Waals surface area contributed by atoms with Crippen molar-refractivity contribution in [2.45, 2.75) is 19.8 Å². The molecule has 0 saturated carbocycles. The number of rotatable bonds is 5. The number of benzene rings is 1. The van der Waals surface area contributed by atoms with Crippen LogP contribution in [0.3, 0.4) is 0 Å². The Bertz CT molecular complexity index is 827. The first-order valence-corrected chi connectivity index (χ1v) is 9.61. The van der Waals surface area contributed by atoms with Gasteiger partial charge in [-0.1, -0.05) is 11.6 Å². The van der Waals surface area contributed by atoms with Crippen LogP contribution in [0.15, 0.2) is 23.8 Å². The van der Waals surface area contributed by atoms with Gasteiger partial charge in [-0.05, 0) is 38.0 Å². The Balaban J connectivity index is 1.56. The van der Waals surface area contributed by atoms with Crippen molar-refractivity contribution in [1.82, 2.24) is 14.3 Å². The second-order valence-electron chi connectivity index (χ2n) is 6.32. The van der Waals surface area contributed by atoms with Gasteiger partial charge in [-0.25, -0.2) is 14.2 Å².